The molecule has 0 aromatic heterocycles. The van der Waals surface area contributed by atoms with E-state index >= 15 is 0 Å². The van der Waals surface area contributed by atoms with Crippen LogP contribution in [0.2, 0.25) is 0 Å². The van der Waals surface area contributed by atoms with Gasteiger partial charge in [-0.25, -0.2) is 0 Å². The van der Waals surface area contributed by atoms with Crippen molar-refractivity contribution in [2.45, 2.75) is 0 Å². The summed E-state index contributed by atoms with van der Waals surface area (Å²) < 4.78 is 5.26. The molecule has 0 atom stereocenters. The van der Waals surface area contributed by atoms with Gasteiger partial charge in [0.2, 0.25) is 0 Å². The lowest BCUT2D eigenvalue weighted by Gasteiger charge is -2.23. The standard InChI is InChI=1S/C11H9NO/c1-2-4-11-9(3-1)5-6-10-7-13-8-12(10)11/h1-7H,8H2. The van der Waals surface area contributed by atoms with Crippen molar-refractivity contribution < 1.29 is 4.74 Å². The molecule has 0 radical (unpaired) electrons. The highest BCUT2D eigenvalue weighted by Crippen LogP contribution is 2.32. The van der Waals surface area contributed by atoms with E-state index in [-0.39, 0.29) is 0 Å². The summed E-state index contributed by atoms with van der Waals surface area (Å²) in [7, 11) is 0. The fraction of sp³-hybridized carbons (Fsp3) is 0.0909. The molecule has 0 aliphatic carbocycles. The lowest BCUT2D eigenvalue weighted by Crippen LogP contribution is -2.20. The molecular formula is C11H9NO. The second-order valence-electron chi connectivity index (χ2n) is 3.16. The summed E-state index contributed by atoms with van der Waals surface area (Å²) in [4.78, 5) is 2.16. The first-order valence-corrected chi connectivity index (χ1v) is 4.31. The lowest BCUT2D eigenvalue weighted by atomic mass is 10.1. The van der Waals surface area contributed by atoms with Gasteiger partial charge in [-0.15, -0.1) is 0 Å². The summed E-state index contributed by atoms with van der Waals surface area (Å²) in [6.07, 6.45) is 5.99. The minimum Gasteiger partial charge on any atom is -0.478 e. The Hall–Kier alpha value is -1.70. The summed E-state index contributed by atoms with van der Waals surface area (Å²) in [5.74, 6) is 0. The van der Waals surface area contributed by atoms with Crippen molar-refractivity contribution in [2.75, 3.05) is 11.6 Å². The van der Waals surface area contributed by atoms with Crippen LogP contribution in [-0.4, -0.2) is 6.73 Å². The van der Waals surface area contributed by atoms with E-state index in [1.165, 1.54) is 11.3 Å². The zero-order chi connectivity index (χ0) is 8.67. The minimum atomic E-state index is 0.636. The average molecular weight is 171 g/mol. The molecule has 0 unspecified atom stereocenters. The van der Waals surface area contributed by atoms with Gasteiger partial charge >= 0.3 is 0 Å². The van der Waals surface area contributed by atoms with Crippen LogP contribution in [0.15, 0.2) is 42.3 Å². The van der Waals surface area contributed by atoms with Crippen LogP contribution in [-0.2, 0) is 4.74 Å². The summed E-state index contributed by atoms with van der Waals surface area (Å²) in [6, 6.07) is 8.32. The van der Waals surface area contributed by atoms with Crippen LogP contribution < -0.4 is 4.90 Å². The van der Waals surface area contributed by atoms with Gasteiger partial charge in [0.15, 0.2) is 6.73 Å². The van der Waals surface area contributed by atoms with Gasteiger partial charge in [0, 0.05) is 0 Å². The van der Waals surface area contributed by atoms with E-state index < -0.39 is 0 Å². The Bertz CT molecular complexity index is 406. The Kier molecular flexibility index (Phi) is 1.25. The Morgan fingerprint density at radius 1 is 1.15 bits per heavy atom. The van der Waals surface area contributed by atoms with Crippen LogP contribution >= 0.6 is 0 Å². The number of rotatable bonds is 0. The molecule has 3 rings (SSSR count). The average Bonchev–Trinajstić information content (AvgIpc) is 2.65. The number of benzene rings is 1. The third-order valence-electron chi connectivity index (χ3n) is 2.38. The molecule has 0 saturated heterocycles. The van der Waals surface area contributed by atoms with Gasteiger partial charge in [-0.1, -0.05) is 24.3 Å². The molecule has 2 heteroatoms. The third-order valence-corrected chi connectivity index (χ3v) is 2.38. The second-order valence-corrected chi connectivity index (χ2v) is 3.16. The van der Waals surface area contributed by atoms with Crippen molar-refractivity contribution >= 4 is 11.8 Å². The summed E-state index contributed by atoms with van der Waals surface area (Å²) >= 11 is 0. The zero-order valence-electron chi connectivity index (χ0n) is 7.10. The lowest BCUT2D eigenvalue weighted by molar-refractivity contribution is 0.282. The molecule has 0 saturated carbocycles. The van der Waals surface area contributed by atoms with Crippen molar-refractivity contribution in [3.05, 3.63) is 47.9 Å². The van der Waals surface area contributed by atoms with Gasteiger partial charge in [0.1, 0.15) is 6.26 Å². The van der Waals surface area contributed by atoms with Crippen LogP contribution in [0.1, 0.15) is 5.56 Å². The molecule has 0 amide bonds. The van der Waals surface area contributed by atoms with E-state index in [0.29, 0.717) is 6.73 Å². The molecule has 1 aromatic rings. The minimum absolute atomic E-state index is 0.636. The van der Waals surface area contributed by atoms with Crippen LogP contribution in [0, 0.1) is 0 Å². The maximum absolute atomic E-state index is 5.26. The predicted molar refractivity (Wildman–Crippen MR) is 52.0 cm³/mol. The number of hydrogen-bond acceptors (Lipinski definition) is 2. The van der Waals surface area contributed by atoms with Gasteiger partial charge in [0.25, 0.3) is 0 Å². The normalized spacial score (nSPS) is 17.5. The first-order chi connectivity index (χ1) is 6.45. The molecule has 0 bridgehead atoms. The van der Waals surface area contributed by atoms with E-state index in [4.69, 9.17) is 4.74 Å². The third kappa shape index (κ3) is 0.886. The maximum atomic E-state index is 5.26. The van der Waals surface area contributed by atoms with Crippen molar-refractivity contribution in [3.8, 4) is 0 Å². The number of hydrogen-bond donors (Lipinski definition) is 0. The molecule has 0 fully saturated rings. The number of allylic oxidation sites excluding steroid dienone is 1. The predicted octanol–water partition coefficient (Wildman–Crippen LogP) is 2.35. The van der Waals surface area contributed by atoms with Gasteiger partial charge in [-0.3, -0.25) is 0 Å². The maximum Gasteiger partial charge on any atom is 0.165 e. The summed E-state index contributed by atoms with van der Waals surface area (Å²) in [5.41, 5.74) is 3.62. The Labute approximate surface area is 76.7 Å². The largest absolute Gasteiger partial charge is 0.478 e. The van der Waals surface area contributed by atoms with E-state index in [9.17, 15) is 0 Å². The second kappa shape index (κ2) is 2.39. The van der Waals surface area contributed by atoms with Gasteiger partial charge in [0.05, 0.1) is 11.4 Å². The molecule has 0 spiro atoms. The molecule has 2 heterocycles. The molecule has 0 N–H and O–H groups in total. The number of para-hydroxylation sites is 1. The number of anilines is 1. The SMILES string of the molecule is C1=Cc2ccccc2N2COC=C12. The van der Waals surface area contributed by atoms with Crippen molar-refractivity contribution in [1.29, 1.82) is 0 Å². The highest BCUT2D eigenvalue weighted by Gasteiger charge is 2.20. The van der Waals surface area contributed by atoms with Crippen molar-refractivity contribution in [1.82, 2.24) is 0 Å². The van der Waals surface area contributed by atoms with Crippen LogP contribution in [0.4, 0.5) is 5.69 Å². The monoisotopic (exact) mass is 171 g/mol. The van der Waals surface area contributed by atoms with Crippen LogP contribution in [0.25, 0.3) is 6.08 Å². The number of nitrogens with zero attached hydrogens (tertiary/aromatic N) is 1. The molecule has 2 aliphatic heterocycles. The van der Waals surface area contributed by atoms with Crippen molar-refractivity contribution in [2.24, 2.45) is 0 Å². The molecule has 13 heavy (non-hydrogen) atoms. The smallest absolute Gasteiger partial charge is 0.165 e. The first kappa shape index (κ1) is 6.78. The molecule has 2 aliphatic rings. The Morgan fingerprint density at radius 3 is 3.08 bits per heavy atom. The summed E-state index contributed by atoms with van der Waals surface area (Å²) in [6.45, 7) is 0.636. The van der Waals surface area contributed by atoms with E-state index in [2.05, 4.69) is 35.3 Å². The highest BCUT2D eigenvalue weighted by atomic mass is 16.5. The molecule has 2 nitrogen and oxygen atoms in total. The fourth-order valence-corrected chi connectivity index (χ4v) is 1.72. The Morgan fingerprint density at radius 2 is 2.08 bits per heavy atom. The quantitative estimate of drug-likeness (QED) is 0.594. The molecule has 1 aromatic carbocycles. The number of ether oxygens (including phenoxy) is 1. The molecular weight excluding hydrogens is 162 g/mol. The van der Waals surface area contributed by atoms with Gasteiger partial charge in [-0.05, 0) is 17.7 Å². The van der Waals surface area contributed by atoms with Crippen molar-refractivity contribution in [3.63, 3.8) is 0 Å². The highest BCUT2D eigenvalue weighted by molar-refractivity contribution is 5.76. The fourth-order valence-electron chi connectivity index (χ4n) is 1.72. The molecule has 64 valence electrons. The van der Waals surface area contributed by atoms with Crippen LogP contribution in [0.5, 0.6) is 0 Å². The van der Waals surface area contributed by atoms with E-state index in [1.54, 1.807) is 6.26 Å². The van der Waals surface area contributed by atoms with Gasteiger partial charge < -0.3 is 9.64 Å². The van der Waals surface area contributed by atoms with Crippen LogP contribution in [0.3, 0.4) is 0 Å². The number of fused-ring (bicyclic) bond motifs is 3. The zero-order valence-corrected chi connectivity index (χ0v) is 7.10. The van der Waals surface area contributed by atoms with Gasteiger partial charge in [-0.2, -0.15) is 0 Å². The van der Waals surface area contributed by atoms with E-state index in [1.807, 2.05) is 6.07 Å². The van der Waals surface area contributed by atoms with E-state index in [0.717, 1.165) is 5.70 Å². The Balaban J connectivity index is 2.20. The summed E-state index contributed by atoms with van der Waals surface area (Å²) in [5, 5.41) is 0. The topological polar surface area (TPSA) is 12.5 Å². The first-order valence-electron chi connectivity index (χ1n) is 4.31.